The van der Waals surface area contributed by atoms with E-state index in [1.54, 1.807) is 0 Å². The molecule has 2 saturated heterocycles. The van der Waals surface area contributed by atoms with Gasteiger partial charge in [-0.05, 0) is 12.0 Å². The fourth-order valence-electron chi connectivity index (χ4n) is 5.58. The van der Waals surface area contributed by atoms with Crippen LogP contribution in [0.4, 0.5) is 0 Å². The van der Waals surface area contributed by atoms with Gasteiger partial charge in [0.15, 0.2) is 6.10 Å². The summed E-state index contributed by atoms with van der Waals surface area (Å²) in [6, 6.07) is 10.0. The molecule has 1 aromatic carbocycles. The molecular weight excluding hydrogens is 525 g/mol. The van der Waals surface area contributed by atoms with Gasteiger partial charge in [-0.3, -0.25) is 9.05 Å². The Morgan fingerprint density at radius 3 is 2.05 bits per heavy atom. The average Bonchev–Trinajstić information content (AvgIpc) is 3.44. The van der Waals surface area contributed by atoms with Crippen LogP contribution in [0.25, 0.3) is 0 Å². The number of quaternary nitrogens is 1. The summed E-state index contributed by atoms with van der Waals surface area (Å²) in [5.74, 6) is 0. The lowest BCUT2D eigenvalue weighted by atomic mass is 10.0. The fraction of sp³-hybridized carbons (Fsp3) is 0.812. The number of nitrogens with zero attached hydrogens (tertiary/aromatic N) is 1. The van der Waals surface area contributed by atoms with E-state index in [2.05, 4.69) is 21.0 Å². The molecule has 8 heteroatoms. The van der Waals surface area contributed by atoms with E-state index in [0.29, 0.717) is 24.3 Å². The number of rotatable bonds is 23. The van der Waals surface area contributed by atoms with Crippen molar-refractivity contribution in [1.29, 1.82) is 0 Å². The quantitative estimate of drug-likeness (QED) is 0.0733. The first-order valence-electron chi connectivity index (χ1n) is 16.1. The molecule has 2 heterocycles. The molecule has 2 aliphatic rings. The van der Waals surface area contributed by atoms with Crippen molar-refractivity contribution in [3.05, 3.63) is 35.9 Å². The van der Waals surface area contributed by atoms with Gasteiger partial charge < -0.3 is 14.0 Å². The summed E-state index contributed by atoms with van der Waals surface area (Å²) >= 11 is 0. The first-order chi connectivity index (χ1) is 19.4. The molecule has 3 rings (SSSR count). The molecule has 7 nitrogen and oxygen atoms in total. The Balaban J connectivity index is 1.26. The van der Waals surface area contributed by atoms with E-state index in [9.17, 15) is 4.57 Å². The Hall–Kier alpha value is -0.790. The number of likely N-dealkylation sites (tertiary alicyclic amines) is 1. The fourth-order valence-corrected chi connectivity index (χ4v) is 7.30. The summed E-state index contributed by atoms with van der Waals surface area (Å²) < 4.78 is 43.2. The molecule has 0 N–H and O–H groups in total. The van der Waals surface area contributed by atoms with Crippen molar-refractivity contribution in [2.75, 3.05) is 40.5 Å². The molecule has 4 atom stereocenters. The first-order valence-corrected chi connectivity index (χ1v) is 17.6. The number of likely N-dealkylation sites (N-methyl/N-ethyl adjacent to an activating group) is 1. The molecule has 0 bridgehead atoms. The molecule has 2 fully saturated rings. The molecule has 0 amide bonds. The molecule has 1 aromatic rings. The van der Waals surface area contributed by atoms with Crippen LogP contribution in [-0.4, -0.2) is 63.4 Å². The van der Waals surface area contributed by atoms with Gasteiger partial charge in [0, 0.05) is 13.0 Å². The summed E-state index contributed by atoms with van der Waals surface area (Å²) in [7, 11) is 0.536. The molecule has 230 valence electrons. The van der Waals surface area contributed by atoms with Gasteiger partial charge in [-0.1, -0.05) is 121 Å². The van der Waals surface area contributed by atoms with Crippen molar-refractivity contribution in [1.82, 2.24) is 0 Å². The standard InChI is InChI=1S/C32H57NO6P/c1-4-5-6-7-8-9-10-11-12-13-14-15-16-20-25-35-27-30(36-26-29-21-18-17-19-22-29)28-37-40(34)38-31-23-24-33(2,3)32(31)39-40/h17-19,21-22,30-32H,4-16,20,23-28H2,1-3H3/q+1. The molecule has 0 saturated carbocycles. The summed E-state index contributed by atoms with van der Waals surface area (Å²) in [6.45, 7) is 4.85. The largest absolute Gasteiger partial charge is 0.480 e. The number of phosphoric acid groups is 1. The number of hydrogen-bond donors (Lipinski definition) is 0. The third-order valence-electron chi connectivity index (χ3n) is 8.19. The Bertz CT molecular complexity index is 838. The number of unbranched alkanes of at least 4 members (excludes halogenated alkanes) is 13. The predicted octanol–water partition coefficient (Wildman–Crippen LogP) is 8.42. The number of fused-ring (bicyclic) bond motifs is 1. The molecule has 4 unspecified atom stereocenters. The van der Waals surface area contributed by atoms with Gasteiger partial charge in [0.25, 0.3) is 0 Å². The van der Waals surface area contributed by atoms with Gasteiger partial charge in [0.2, 0.25) is 6.23 Å². The Kier molecular flexibility index (Phi) is 15.7. The zero-order valence-corrected chi connectivity index (χ0v) is 26.5. The van der Waals surface area contributed by atoms with Gasteiger partial charge >= 0.3 is 7.82 Å². The van der Waals surface area contributed by atoms with Crippen molar-refractivity contribution in [2.24, 2.45) is 0 Å². The summed E-state index contributed by atoms with van der Waals surface area (Å²) in [6.07, 6.45) is 18.8. The molecule has 2 aliphatic heterocycles. The van der Waals surface area contributed by atoms with E-state index < -0.39 is 7.82 Å². The van der Waals surface area contributed by atoms with Crippen LogP contribution in [-0.2, 0) is 34.2 Å². The van der Waals surface area contributed by atoms with Gasteiger partial charge in [-0.2, -0.15) is 0 Å². The minimum absolute atomic E-state index is 0.107. The first kappa shape index (κ1) is 33.7. The zero-order chi connectivity index (χ0) is 28.5. The van der Waals surface area contributed by atoms with Crippen molar-refractivity contribution in [3.8, 4) is 0 Å². The SMILES string of the molecule is CCCCCCCCCCCCCCCCOCC(COP1(=O)OC2CC[N+](C)(C)C2O1)OCc1ccccc1. The van der Waals surface area contributed by atoms with E-state index in [4.69, 9.17) is 23.0 Å². The van der Waals surface area contributed by atoms with E-state index in [1.807, 2.05) is 30.3 Å². The van der Waals surface area contributed by atoms with Crippen LogP contribution in [0.1, 0.15) is 109 Å². The summed E-state index contributed by atoms with van der Waals surface area (Å²) in [5, 5.41) is 0. The normalized spacial score (nSPS) is 24.4. The van der Waals surface area contributed by atoms with Crippen LogP contribution >= 0.6 is 7.82 Å². The maximum atomic E-state index is 13.1. The Labute approximate surface area is 244 Å². The van der Waals surface area contributed by atoms with Crippen LogP contribution < -0.4 is 0 Å². The maximum Gasteiger partial charge on any atom is 0.480 e. The van der Waals surface area contributed by atoms with Crippen LogP contribution in [0.15, 0.2) is 30.3 Å². The van der Waals surface area contributed by atoms with Gasteiger partial charge in [0.05, 0.1) is 40.5 Å². The average molecular weight is 583 g/mol. The Morgan fingerprint density at radius 1 is 0.850 bits per heavy atom. The topological polar surface area (TPSA) is 63.2 Å². The second-order valence-electron chi connectivity index (χ2n) is 12.3. The molecule has 40 heavy (non-hydrogen) atoms. The van der Waals surface area contributed by atoms with Crippen molar-refractivity contribution in [2.45, 2.75) is 128 Å². The minimum Gasteiger partial charge on any atom is -0.379 e. The second-order valence-corrected chi connectivity index (χ2v) is 13.8. The highest BCUT2D eigenvalue weighted by Crippen LogP contribution is 2.60. The molecule has 0 aromatic heterocycles. The summed E-state index contributed by atoms with van der Waals surface area (Å²) in [5.41, 5.74) is 1.08. The highest BCUT2D eigenvalue weighted by molar-refractivity contribution is 7.48. The number of phosphoric ester groups is 1. The Morgan fingerprint density at radius 2 is 1.45 bits per heavy atom. The predicted molar refractivity (Wildman–Crippen MR) is 161 cm³/mol. The lowest BCUT2D eigenvalue weighted by Gasteiger charge is -2.28. The lowest BCUT2D eigenvalue weighted by molar-refractivity contribution is -0.920. The summed E-state index contributed by atoms with van der Waals surface area (Å²) in [4.78, 5) is 0. The molecular formula is C32H57NO6P+. The van der Waals surface area contributed by atoms with Gasteiger partial charge in [-0.15, -0.1) is 0 Å². The number of ether oxygens (including phenoxy) is 2. The van der Waals surface area contributed by atoms with E-state index in [0.717, 1.165) is 24.9 Å². The monoisotopic (exact) mass is 582 g/mol. The minimum atomic E-state index is -3.60. The van der Waals surface area contributed by atoms with E-state index in [-0.39, 0.29) is 25.0 Å². The van der Waals surface area contributed by atoms with Crippen molar-refractivity contribution in [3.63, 3.8) is 0 Å². The second kappa shape index (κ2) is 18.7. The highest BCUT2D eigenvalue weighted by atomic mass is 31.2. The smallest absolute Gasteiger partial charge is 0.379 e. The van der Waals surface area contributed by atoms with Crippen LogP contribution in [0, 0.1) is 0 Å². The maximum absolute atomic E-state index is 13.1. The van der Waals surface area contributed by atoms with Gasteiger partial charge in [-0.25, -0.2) is 9.09 Å². The van der Waals surface area contributed by atoms with E-state index in [1.165, 1.54) is 83.5 Å². The molecule has 0 aliphatic carbocycles. The van der Waals surface area contributed by atoms with Gasteiger partial charge in [0.1, 0.15) is 6.10 Å². The van der Waals surface area contributed by atoms with Crippen LogP contribution in [0.3, 0.4) is 0 Å². The van der Waals surface area contributed by atoms with Crippen LogP contribution in [0.2, 0.25) is 0 Å². The third kappa shape index (κ3) is 12.6. The molecule has 0 radical (unpaired) electrons. The van der Waals surface area contributed by atoms with Crippen molar-refractivity contribution >= 4 is 7.82 Å². The number of benzene rings is 1. The third-order valence-corrected chi connectivity index (χ3v) is 9.66. The lowest BCUT2D eigenvalue weighted by Crippen LogP contribution is -2.46. The highest BCUT2D eigenvalue weighted by Gasteiger charge is 2.57. The zero-order valence-electron chi connectivity index (χ0n) is 25.6. The van der Waals surface area contributed by atoms with Crippen molar-refractivity contribution < 1.29 is 32.1 Å². The molecule has 0 spiro atoms. The van der Waals surface area contributed by atoms with Crippen LogP contribution in [0.5, 0.6) is 0 Å². The van der Waals surface area contributed by atoms with E-state index >= 15 is 0 Å². The number of hydrogen-bond acceptors (Lipinski definition) is 6.